The molecule has 0 amide bonds. The fourth-order valence-electron chi connectivity index (χ4n) is 2.21. The highest BCUT2D eigenvalue weighted by Crippen LogP contribution is 2.35. The Morgan fingerprint density at radius 2 is 1.96 bits per heavy atom. The number of thioether (sulfide) groups is 1. The summed E-state index contributed by atoms with van der Waals surface area (Å²) in [5.41, 5.74) is 2.02. The van der Waals surface area contributed by atoms with Crippen molar-refractivity contribution in [1.82, 2.24) is 15.2 Å². The Balaban J connectivity index is 1.60. The minimum Gasteiger partial charge on any atom is -0.493 e. The molecule has 7 nitrogen and oxygen atoms in total. The highest BCUT2D eigenvalue weighted by Gasteiger charge is 2.11. The first-order valence-electron chi connectivity index (χ1n) is 8.09. The first-order chi connectivity index (χ1) is 13.2. The lowest BCUT2D eigenvalue weighted by Crippen LogP contribution is -2.06. The molecular formula is C17H20N4O3S3. The van der Waals surface area contributed by atoms with Crippen LogP contribution < -0.4 is 14.8 Å². The highest BCUT2D eigenvalue weighted by molar-refractivity contribution is 8.00. The number of rotatable bonds is 10. The van der Waals surface area contributed by atoms with E-state index >= 15 is 0 Å². The van der Waals surface area contributed by atoms with Gasteiger partial charge in [0.2, 0.25) is 5.13 Å². The molecule has 0 fully saturated rings. The van der Waals surface area contributed by atoms with Crippen molar-refractivity contribution in [2.45, 2.75) is 10.1 Å². The monoisotopic (exact) mass is 424 g/mol. The Morgan fingerprint density at radius 1 is 1.11 bits per heavy atom. The fourth-order valence-corrected chi connectivity index (χ4v) is 4.80. The standard InChI is InChI=1S/C17H20N4O3S3/c1-22-7-6-18-16-20-21-17(27-16)26-10-12-9-25-15(19-12)11-4-5-13(23-2)14(8-11)24-3/h4-5,8-9H,6-7,10H2,1-3H3,(H,18,20). The molecule has 1 N–H and O–H groups in total. The molecule has 3 rings (SSSR count). The van der Waals surface area contributed by atoms with Crippen molar-refractivity contribution < 1.29 is 14.2 Å². The van der Waals surface area contributed by atoms with E-state index in [0.29, 0.717) is 18.1 Å². The number of anilines is 1. The summed E-state index contributed by atoms with van der Waals surface area (Å²) < 4.78 is 16.6. The molecule has 0 aliphatic rings. The van der Waals surface area contributed by atoms with Crippen LogP contribution in [0.5, 0.6) is 11.5 Å². The van der Waals surface area contributed by atoms with E-state index in [1.807, 2.05) is 18.2 Å². The molecule has 0 bridgehead atoms. The molecule has 0 unspecified atom stereocenters. The van der Waals surface area contributed by atoms with Crippen molar-refractivity contribution in [2.75, 3.05) is 39.8 Å². The molecule has 0 aliphatic carbocycles. The van der Waals surface area contributed by atoms with E-state index in [9.17, 15) is 0 Å². The first-order valence-corrected chi connectivity index (χ1v) is 10.8. The number of hydrogen-bond donors (Lipinski definition) is 1. The molecule has 0 radical (unpaired) electrons. The van der Waals surface area contributed by atoms with Crippen molar-refractivity contribution in [3.05, 3.63) is 29.3 Å². The van der Waals surface area contributed by atoms with E-state index < -0.39 is 0 Å². The maximum atomic E-state index is 5.37. The predicted molar refractivity (Wildman–Crippen MR) is 110 cm³/mol. The third kappa shape index (κ3) is 5.32. The molecule has 0 spiro atoms. The number of ether oxygens (including phenoxy) is 3. The van der Waals surface area contributed by atoms with Gasteiger partial charge in [0.1, 0.15) is 5.01 Å². The third-order valence-corrected chi connectivity index (χ3v) is 6.50. The van der Waals surface area contributed by atoms with Crippen LogP contribution in [0.4, 0.5) is 5.13 Å². The van der Waals surface area contributed by atoms with E-state index in [1.54, 1.807) is 44.4 Å². The van der Waals surface area contributed by atoms with Gasteiger partial charge in [-0.25, -0.2) is 4.98 Å². The number of benzene rings is 1. The molecule has 3 aromatic rings. The molecule has 0 aliphatic heterocycles. The van der Waals surface area contributed by atoms with Crippen molar-refractivity contribution in [1.29, 1.82) is 0 Å². The van der Waals surface area contributed by atoms with Crippen molar-refractivity contribution in [3.63, 3.8) is 0 Å². The molecule has 0 saturated heterocycles. The fraction of sp³-hybridized carbons (Fsp3) is 0.353. The van der Waals surface area contributed by atoms with Crippen LogP contribution in [0.15, 0.2) is 27.9 Å². The van der Waals surface area contributed by atoms with Crippen LogP contribution in [0.2, 0.25) is 0 Å². The first kappa shape index (κ1) is 19.9. The Morgan fingerprint density at radius 3 is 2.74 bits per heavy atom. The van der Waals surface area contributed by atoms with Crippen LogP contribution in [-0.4, -0.2) is 49.7 Å². The molecule has 0 saturated carbocycles. The van der Waals surface area contributed by atoms with Gasteiger partial charge in [-0.3, -0.25) is 0 Å². The molecular weight excluding hydrogens is 404 g/mol. The van der Waals surface area contributed by atoms with E-state index in [0.717, 1.165) is 38.0 Å². The smallest absolute Gasteiger partial charge is 0.206 e. The second-order valence-electron chi connectivity index (χ2n) is 5.30. The summed E-state index contributed by atoms with van der Waals surface area (Å²) in [4.78, 5) is 4.72. The Hall–Kier alpha value is -1.88. The van der Waals surface area contributed by atoms with Gasteiger partial charge < -0.3 is 19.5 Å². The minimum atomic E-state index is 0.639. The summed E-state index contributed by atoms with van der Waals surface area (Å²) in [7, 11) is 4.93. The summed E-state index contributed by atoms with van der Waals surface area (Å²) in [5, 5.41) is 15.3. The van der Waals surface area contributed by atoms with E-state index in [-0.39, 0.29) is 0 Å². The molecule has 1 aromatic carbocycles. The second kappa shape index (κ2) is 9.88. The average molecular weight is 425 g/mol. The zero-order valence-electron chi connectivity index (χ0n) is 15.2. The van der Waals surface area contributed by atoms with E-state index in [1.165, 1.54) is 11.3 Å². The van der Waals surface area contributed by atoms with Crippen LogP contribution in [-0.2, 0) is 10.5 Å². The molecule has 0 atom stereocenters. The van der Waals surface area contributed by atoms with E-state index in [2.05, 4.69) is 20.9 Å². The third-order valence-electron chi connectivity index (χ3n) is 3.51. The number of hydrogen-bond acceptors (Lipinski definition) is 10. The predicted octanol–water partition coefficient (Wildman–Crippen LogP) is 4.03. The molecule has 2 aromatic heterocycles. The maximum Gasteiger partial charge on any atom is 0.206 e. The summed E-state index contributed by atoms with van der Waals surface area (Å²) >= 11 is 4.77. The topological polar surface area (TPSA) is 78.4 Å². The Labute approximate surface area is 170 Å². The zero-order valence-corrected chi connectivity index (χ0v) is 17.7. The average Bonchev–Trinajstić information content (AvgIpc) is 3.35. The van der Waals surface area contributed by atoms with Crippen LogP contribution in [0.25, 0.3) is 10.6 Å². The molecule has 27 heavy (non-hydrogen) atoms. The van der Waals surface area contributed by atoms with Gasteiger partial charge in [-0.15, -0.1) is 21.5 Å². The highest BCUT2D eigenvalue weighted by atomic mass is 32.2. The molecule has 2 heterocycles. The maximum absolute atomic E-state index is 5.37. The van der Waals surface area contributed by atoms with Crippen LogP contribution in [0.3, 0.4) is 0 Å². The van der Waals surface area contributed by atoms with Gasteiger partial charge in [0.05, 0.1) is 26.5 Å². The normalized spacial score (nSPS) is 10.8. The van der Waals surface area contributed by atoms with Crippen molar-refractivity contribution >= 4 is 39.6 Å². The lowest BCUT2D eigenvalue weighted by atomic mass is 10.2. The second-order valence-corrected chi connectivity index (χ2v) is 8.35. The number of nitrogens with zero attached hydrogens (tertiary/aromatic N) is 3. The summed E-state index contributed by atoms with van der Waals surface area (Å²) in [6.07, 6.45) is 0. The number of nitrogens with one attached hydrogen (secondary N) is 1. The van der Waals surface area contributed by atoms with E-state index in [4.69, 9.17) is 19.2 Å². The van der Waals surface area contributed by atoms with Crippen molar-refractivity contribution in [2.24, 2.45) is 0 Å². The van der Waals surface area contributed by atoms with Gasteiger partial charge in [0.15, 0.2) is 15.8 Å². The number of aromatic nitrogens is 3. The van der Waals surface area contributed by atoms with Gasteiger partial charge in [-0.2, -0.15) is 0 Å². The van der Waals surface area contributed by atoms with Crippen LogP contribution >= 0.6 is 34.4 Å². The summed E-state index contributed by atoms with van der Waals surface area (Å²) in [6, 6.07) is 5.82. The summed E-state index contributed by atoms with van der Waals surface area (Å²) in [6.45, 7) is 1.36. The Kier molecular flexibility index (Phi) is 7.27. The largest absolute Gasteiger partial charge is 0.493 e. The van der Waals surface area contributed by atoms with Crippen LogP contribution in [0, 0.1) is 0 Å². The van der Waals surface area contributed by atoms with Gasteiger partial charge in [-0.1, -0.05) is 23.1 Å². The number of methoxy groups -OCH3 is 3. The van der Waals surface area contributed by atoms with Gasteiger partial charge in [0, 0.05) is 30.4 Å². The van der Waals surface area contributed by atoms with Crippen molar-refractivity contribution in [3.8, 4) is 22.1 Å². The summed E-state index contributed by atoms with van der Waals surface area (Å²) in [5.74, 6) is 2.15. The SMILES string of the molecule is COCCNc1nnc(SCc2csc(-c3ccc(OC)c(OC)c3)n2)s1. The minimum absolute atomic E-state index is 0.639. The Bertz CT molecular complexity index is 869. The lowest BCUT2D eigenvalue weighted by Gasteiger charge is -2.08. The quantitative estimate of drug-likeness (QED) is 0.386. The zero-order chi connectivity index (χ0) is 19.1. The lowest BCUT2D eigenvalue weighted by molar-refractivity contribution is 0.211. The van der Waals surface area contributed by atoms with Gasteiger partial charge in [0.25, 0.3) is 0 Å². The number of thiazole rings is 1. The molecule has 10 heteroatoms. The molecule has 144 valence electrons. The van der Waals surface area contributed by atoms with Gasteiger partial charge in [-0.05, 0) is 18.2 Å². The van der Waals surface area contributed by atoms with Crippen LogP contribution in [0.1, 0.15) is 5.69 Å². The van der Waals surface area contributed by atoms with Gasteiger partial charge >= 0.3 is 0 Å².